The van der Waals surface area contributed by atoms with Gasteiger partial charge in [0.1, 0.15) is 11.5 Å². The number of rotatable bonds is 10. The Morgan fingerprint density at radius 1 is 0.935 bits per heavy atom. The summed E-state index contributed by atoms with van der Waals surface area (Å²) in [5.41, 5.74) is 0.731. The molecule has 2 N–H and O–H groups in total. The van der Waals surface area contributed by atoms with Crippen molar-refractivity contribution in [1.82, 2.24) is 0 Å². The first-order chi connectivity index (χ1) is 15.0. The highest BCUT2D eigenvalue weighted by Gasteiger charge is 2.17. The zero-order valence-corrected chi connectivity index (χ0v) is 17.9. The second kappa shape index (κ2) is 10.5. The van der Waals surface area contributed by atoms with Crippen LogP contribution in [-0.4, -0.2) is 28.0 Å². The van der Waals surface area contributed by atoms with Crippen LogP contribution in [0.1, 0.15) is 12.8 Å². The molecule has 0 bridgehead atoms. The highest BCUT2D eigenvalue weighted by atomic mass is 32.2. The molecule has 0 radical (unpaired) electrons. The maximum Gasteiger partial charge on any atom is 0.262 e. The monoisotopic (exact) mass is 440 g/mol. The van der Waals surface area contributed by atoms with Crippen molar-refractivity contribution < 1.29 is 22.7 Å². The van der Waals surface area contributed by atoms with Crippen LogP contribution in [0, 0.1) is 0 Å². The van der Waals surface area contributed by atoms with Crippen molar-refractivity contribution in [3.63, 3.8) is 0 Å². The van der Waals surface area contributed by atoms with Gasteiger partial charge in [0, 0.05) is 12.1 Å². The molecule has 0 saturated carbocycles. The van der Waals surface area contributed by atoms with Gasteiger partial charge in [-0.25, -0.2) is 8.42 Å². The standard InChI is InChI=1S/C23H24N2O5S/c1-29-22-14-6-5-13-21(22)25-31(27,28)20-12-7-9-18(17-20)24-23(26)15-8-16-30-19-10-3-2-4-11-19/h2-7,9-14,17,25H,8,15-16H2,1H3,(H,24,26). The first-order valence-electron chi connectivity index (χ1n) is 9.71. The molecule has 0 unspecified atom stereocenters. The molecule has 3 rings (SSSR count). The van der Waals surface area contributed by atoms with Crippen LogP contribution in [0.4, 0.5) is 11.4 Å². The van der Waals surface area contributed by atoms with Crippen molar-refractivity contribution >= 4 is 27.3 Å². The van der Waals surface area contributed by atoms with Gasteiger partial charge in [-0.1, -0.05) is 36.4 Å². The predicted octanol–water partition coefficient (Wildman–Crippen LogP) is 4.29. The number of methoxy groups -OCH3 is 1. The summed E-state index contributed by atoms with van der Waals surface area (Å²) in [7, 11) is -2.39. The Balaban J connectivity index is 1.57. The number of para-hydroxylation sites is 3. The Morgan fingerprint density at radius 2 is 1.68 bits per heavy atom. The molecular formula is C23H24N2O5S. The molecule has 0 fully saturated rings. The highest BCUT2D eigenvalue weighted by molar-refractivity contribution is 7.92. The molecule has 0 atom stereocenters. The van der Waals surface area contributed by atoms with Gasteiger partial charge in [0.05, 0.1) is 24.3 Å². The molecule has 31 heavy (non-hydrogen) atoms. The summed E-state index contributed by atoms with van der Waals surface area (Å²) in [5.74, 6) is 0.945. The fourth-order valence-electron chi connectivity index (χ4n) is 2.84. The van der Waals surface area contributed by atoms with E-state index in [9.17, 15) is 13.2 Å². The average molecular weight is 441 g/mol. The van der Waals surface area contributed by atoms with E-state index in [-0.39, 0.29) is 17.2 Å². The lowest BCUT2D eigenvalue weighted by molar-refractivity contribution is -0.116. The Morgan fingerprint density at radius 3 is 2.45 bits per heavy atom. The van der Waals surface area contributed by atoms with E-state index in [0.29, 0.717) is 30.2 Å². The van der Waals surface area contributed by atoms with Gasteiger partial charge in [0.25, 0.3) is 10.0 Å². The highest BCUT2D eigenvalue weighted by Crippen LogP contribution is 2.26. The van der Waals surface area contributed by atoms with Gasteiger partial charge in [-0.3, -0.25) is 9.52 Å². The van der Waals surface area contributed by atoms with Crippen LogP contribution in [0.5, 0.6) is 11.5 Å². The molecule has 0 aromatic heterocycles. The van der Waals surface area contributed by atoms with Gasteiger partial charge in [0.2, 0.25) is 5.91 Å². The van der Waals surface area contributed by atoms with E-state index in [0.717, 1.165) is 5.75 Å². The fourth-order valence-corrected chi connectivity index (χ4v) is 3.95. The molecule has 0 spiro atoms. The van der Waals surface area contributed by atoms with Crippen molar-refractivity contribution in [3.05, 3.63) is 78.9 Å². The molecule has 0 heterocycles. The van der Waals surface area contributed by atoms with Gasteiger partial charge >= 0.3 is 0 Å². The summed E-state index contributed by atoms with van der Waals surface area (Å²) in [5, 5.41) is 2.73. The number of amides is 1. The number of carbonyl (C=O) groups excluding carboxylic acids is 1. The lowest BCUT2D eigenvalue weighted by atomic mass is 10.2. The average Bonchev–Trinajstić information content (AvgIpc) is 2.78. The number of hydrogen-bond acceptors (Lipinski definition) is 5. The second-order valence-electron chi connectivity index (χ2n) is 6.65. The molecule has 1 amide bonds. The van der Waals surface area contributed by atoms with Crippen LogP contribution < -0.4 is 19.5 Å². The number of ether oxygens (including phenoxy) is 2. The number of benzene rings is 3. The van der Waals surface area contributed by atoms with E-state index in [1.807, 2.05) is 30.3 Å². The van der Waals surface area contributed by atoms with Crippen molar-refractivity contribution in [2.24, 2.45) is 0 Å². The minimum atomic E-state index is -3.86. The summed E-state index contributed by atoms with van der Waals surface area (Å²) in [6.07, 6.45) is 0.789. The number of anilines is 2. The van der Waals surface area contributed by atoms with Crippen LogP contribution in [0.2, 0.25) is 0 Å². The number of sulfonamides is 1. The van der Waals surface area contributed by atoms with E-state index < -0.39 is 10.0 Å². The largest absolute Gasteiger partial charge is 0.495 e. The molecule has 162 valence electrons. The third kappa shape index (κ3) is 6.48. The minimum Gasteiger partial charge on any atom is -0.495 e. The summed E-state index contributed by atoms with van der Waals surface area (Å²) in [6.45, 7) is 0.411. The number of hydrogen-bond donors (Lipinski definition) is 2. The second-order valence-corrected chi connectivity index (χ2v) is 8.33. The topological polar surface area (TPSA) is 93.7 Å². The first kappa shape index (κ1) is 22.2. The molecule has 0 aliphatic carbocycles. The van der Waals surface area contributed by atoms with Crippen molar-refractivity contribution in [2.75, 3.05) is 23.8 Å². The number of carbonyl (C=O) groups is 1. The molecule has 3 aromatic rings. The molecule has 8 heteroatoms. The van der Waals surface area contributed by atoms with Gasteiger partial charge < -0.3 is 14.8 Å². The molecule has 0 saturated heterocycles. The SMILES string of the molecule is COc1ccccc1NS(=O)(=O)c1cccc(NC(=O)CCCOc2ccccc2)c1. The summed E-state index contributed by atoms with van der Waals surface area (Å²) in [6, 6.07) is 22.2. The minimum absolute atomic E-state index is 0.0311. The smallest absolute Gasteiger partial charge is 0.262 e. The zero-order valence-electron chi connectivity index (χ0n) is 17.1. The Kier molecular flexibility index (Phi) is 7.50. The van der Waals surface area contributed by atoms with Gasteiger partial charge in [-0.2, -0.15) is 0 Å². The van der Waals surface area contributed by atoms with Crippen LogP contribution in [0.25, 0.3) is 0 Å². The summed E-state index contributed by atoms with van der Waals surface area (Å²) in [4.78, 5) is 12.2. The third-order valence-electron chi connectivity index (χ3n) is 4.34. The molecule has 3 aromatic carbocycles. The molecule has 0 aliphatic heterocycles. The third-order valence-corrected chi connectivity index (χ3v) is 5.70. The van der Waals surface area contributed by atoms with Gasteiger partial charge in [-0.05, 0) is 48.9 Å². The van der Waals surface area contributed by atoms with Crippen molar-refractivity contribution in [1.29, 1.82) is 0 Å². The maximum atomic E-state index is 12.8. The zero-order chi connectivity index (χ0) is 22.1. The van der Waals surface area contributed by atoms with Crippen LogP contribution in [0.15, 0.2) is 83.8 Å². The van der Waals surface area contributed by atoms with Crippen molar-refractivity contribution in [2.45, 2.75) is 17.7 Å². The predicted molar refractivity (Wildman–Crippen MR) is 120 cm³/mol. The van der Waals surface area contributed by atoms with E-state index >= 15 is 0 Å². The van der Waals surface area contributed by atoms with Crippen molar-refractivity contribution in [3.8, 4) is 11.5 Å². The van der Waals surface area contributed by atoms with E-state index in [4.69, 9.17) is 9.47 Å². The van der Waals surface area contributed by atoms with Crippen LogP contribution in [0.3, 0.4) is 0 Å². The van der Waals surface area contributed by atoms with E-state index in [1.54, 1.807) is 36.4 Å². The number of nitrogens with one attached hydrogen (secondary N) is 2. The maximum absolute atomic E-state index is 12.8. The normalized spacial score (nSPS) is 10.9. The van der Waals surface area contributed by atoms with E-state index in [2.05, 4.69) is 10.0 Å². The Hall–Kier alpha value is -3.52. The summed E-state index contributed by atoms with van der Waals surface area (Å²) < 4.78 is 38.8. The summed E-state index contributed by atoms with van der Waals surface area (Å²) >= 11 is 0. The first-order valence-corrected chi connectivity index (χ1v) is 11.2. The molecule has 0 aliphatic rings. The molecule has 7 nitrogen and oxygen atoms in total. The van der Waals surface area contributed by atoms with E-state index in [1.165, 1.54) is 19.2 Å². The lowest BCUT2D eigenvalue weighted by Gasteiger charge is -2.12. The lowest BCUT2D eigenvalue weighted by Crippen LogP contribution is -2.15. The fraction of sp³-hybridized carbons (Fsp3) is 0.174. The van der Waals surface area contributed by atoms with Crippen LogP contribution in [-0.2, 0) is 14.8 Å². The van der Waals surface area contributed by atoms with Gasteiger partial charge in [-0.15, -0.1) is 0 Å². The Bertz CT molecular complexity index is 1120. The molecular weight excluding hydrogens is 416 g/mol. The van der Waals surface area contributed by atoms with Gasteiger partial charge in [0.15, 0.2) is 0 Å². The Labute approximate surface area is 182 Å². The quantitative estimate of drug-likeness (QED) is 0.459. The van der Waals surface area contributed by atoms with Crippen LogP contribution >= 0.6 is 0 Å².